The summed E-state index contributed by atoms with van der Waals surface area (Å²) in [5, 5.41) is 0. The molecule has 2 aromatic rings. The summed E-state index contributed by atoms with van der Waals surface area (Å²) in [5.74, 6) is -3.50. The Labute approximate surface area is 192 Å². The molecule has 33 heavy (non-hydrogen) atoms. The Balaban J connectivity index is 2.00. The van der Waals surface area contributed by atoms with Crippen molar-refractivity contribution in [3.05, 3.63) is 59.7 Å². The Hall–Kier alpha value is -2.41. The van der Waals surface area contributed by atoms with Crippen molar-refractivity contribution in [3.8, 4) is 0 Å². The molecule has 2 rings (SSSR count). The highest BCUT2D eigenvalue weighted by atomic mass is 32.2. The SMILES string of the molecule is CCOC(=O)C(CCCCNS(=O)(=O)c1ccc(C)cc1)NS(=O)(=O)c1c(F)cccc1F. The van der Waals surface area contributed by atoms with Gasteiger partial charge in [0.15, 0.2) is 4.90 Å². The topological polar surface area (TPSA) is 119 Å². The van der Waals surface area contributed by atoms with Gasteiger partial charge in [0.2, 0.25) is 20.0 Å². The van der Waals surface area contributed by atoms with Gasteiger partial charge >= 0.3 is 5.97 Å². The van der Waals surface area contributed by atoms with E-state index in [0.29, 0.717) is 0 Å². The van der Waals surface area contributed by atoms with Crippen LogP contribution in [0.4, 0.5) is 8.78 Å². The number of hydrogen-bond donors (Lipinski definition) is 2. The normalized spacial score (nSPS) is 13.0. The number of sulfonamides is 2. The van der Waals surface area contributed by atoms with E-state index >= 15 is 0 Å². The van der Waals surface area contributed by atoms with Crippen LogP contribution >= 0.6 is 0 Å². The molecule has 0 saturated heterocycles. The van der Waals surface area contributed by atoms with Crippen LogP contribution in [0.5, 0.6) is 0 Å². The molecule has 0 aliphatic heterocycles. The van der Waals surface area contributed by atoms with Gasteiger partial charge in [-0.15, -0.1) is 0 Å². The Morgan fingerprint density at radius 1 is 0.970 bits per heavy atom. The highest BCUT2D eigenvalue weighted by Crippen LogP contribution is 2.19. The van der Waals surface area contributed by atoms with Gasteiger partial charge in [0, 0.05) is 6.54 Å². The van der Waals surface area contributed by atoms with Crippen LogP contribution in [-0.2, 0) is 29.6 Å². The first-order valence-electron chi connectivity index (χ1n) is 10.2. The van der Waals surface area contributed by atoms with Gasteiger partial charge in [0.25, 0.3) is 0 Å². The molecule has 182 valence electrons. The van der Waals surface area contributed by atoms with Gasteiger partial charge in [-0.05, 0) is 57.4 Å². The van der Waals surface area contributed by atoms with Crippen molar-refractivity contribution >= 4 is 26.0 Å². The van der Waals surface area contributed by atoms with Gasteiger partial charge in [-0.2, -0.15) is 4.72 Å². The Morgan fingerprint density at radius 3 is 2.15 bits per heavy atom. The lowest BCUT2D eigenvalue weighted by molar-refractivity contribution is -0.145. The van der Waals surface area contributed by atoms with Crippen LogP contribution in [-0.4, -0.2) is 42.0 Å². The minimum atomic E-state index is -4.70. The van der Waals surface area contributed by atoms with Gasteiger partial charge in [-0.25, -0.2) is 30.3 Å². The smallest absolute Gasteiger partial charge is 0.324 e. The molecule has 0 amide bonds. The molecule has 0 aromatic heterocycles. The van der Waals surface area contributed by atoms with Crippen LogP contribution in [0.25, 0.3) is 0 Å². The number of halogens is 2. The average molecular weight is 505 g/mol. The van der Waals surface area contributed by atoms with E-state index < -0.39 is 48.6 Å². The molecule has 1 atom stereocenters. The quantitative estimate of drug-likeness (QED) is 0.339. The molecule has 0 saturated carbocycles. The monoisotopic (exact) mass is 504 g/mol. The number of carbonyl (C=O) groups excluding carboxylic acids is 1. The number of unbranched alkanes of at least 4 members (excludes halogenated alkanes) is 1. The maximum absolute atomic E-state index is 13.9. The first-order valence-corrected chi connectivity index (χ1v) is 13.1. The Bertz CT molecular complexity index is 1150. The Morgan fingerprint density at radius 2 is 1.58 bits per heavy atom. The van der Waals surface area contributed by atoms with Gasteiger partial charge in [0.1, 0.15) is 17.7 Å². The van der Waals surface area contributed by atoms with Crippen molar-refractivity contribution in [2.24, 2.45) is 0 Å². The zero-order valence-corrected chi connectivity index (χ0v) is 19.8. The van der Waals surface area contributed by atoms with Crippen LogP contribution in [0.15, 0.2) is 52.3 Å². The number of esters is 1. The third kappa shape index (κ3) is 7.56. The van der Waals surface area contributed by atoms with E-state index in [-0.39, 0.29) is 37.3 Å². The van der Waals surface area contributed by atoms with Crippen molar-refractivity contribution in [2.45, 2.75) is 48.9 Å². The second kappa shape index (κ2) is 11.6. The first kappa shape index (κ1) is 26.8. The number of carbonyl (C=O) groups is 1. The summed E-state index contributed by atoms with van der Waals surface area (Å²) in [6.07, 6.45) is 0.430. The predicted octanol–water partition coefficient (Wildman–Crippen LogP) is 2.63. The molecular weight excluding hydrogens is 478 g/mol. The van der Waals surface area contributed by atoms with Crippen LogP contribution in [0.1, 0.15) is 31.7 Å². The molecular formula is C21H26F2N2O6S2. The van der Waals surface area contributed by atoms with E-state index in [1.54, 1.807) is 12.1 Å². The fraction of sp³-hybridized carbons (Fsp3) is 0.381. The van der Waals surface area contributed by atoms with E-state index in [4.69, 9.17) is 4.74 Å². The second-order valence-electron chi connectivity index (χ2n) is 7.18. The molecule has 2 aromatic carbocycles. The van der Waals surface area contributed by atoms with E-state index in [1.165, 1.54) is 19.1 Å². The van der Waals surface area contributed by atoms with E-state index in [9.17, 15) is 30.4 Å². The molecule has 0 aliphatic carbocycles. The maximum Gasteiger partial charge on any atom is 0.324 e. The number of hydrogen-bond acceptors (Lipinski definition) is 6. The second-order valence-corrected chi connectivity index (χ2v) is 10.6. The molecule has 2 N–H and O–H groups in total. The summed E-state index contributed by atoms with van der Waals surface area (Å²) < 4.78 is 86.7. The van der Waals surface area contributed by atoms with Crippen molar-refractivity contribution in [1.82, 2.24) is 9.44 Å². The highest BCUT2D eigenvalue weighted by Gasteiger charge is 2.30. The molecule has 0 heterocycles. The predicted molar refractivity (Wildman–Crippen MR) is 117 cm³/mol. The fourth-order valence-electron chi connectivity index (χ4n) is 2.93. The zero-order valence-electron chi connectivity index (χ0n) is 18.2. The molecule has 8 nitrogen and oxygen atoms in total. The molecule has 0 radical (unpaired) electrons. The molecule has 12 heteroatoms. The molecule has 0 aliphatic rings. The van der Waals surface area contributed by atoms with Crippen molar-refractivity contribution in [2.75, 3.05) is 13.2 Å². The number of ether oxygens (including phenoxy) is 1. The number of nitrogens with one attached hydrogen (secondary N) is 2. The summed E-state index contributed by atoms with van der Waals surface area (Å²) in [6.45, 7) is 3.38. The number of rotatable bonds is 12. The van der Waals surface area contributed by atoms with Crippen LogP contribution in [0.3, 0.4) is 0 Å². The summed E-state index contributed by atoms with van der Waals surface area (Å²) in [4.78, 5) is 11.1. The summed E-state index contributed by atoms with van der Waals surface area (Å²) in [7, 11) is -8.42. The van der Waals surface area contributed by atoms with Crippen molar-refractivity contribution in [3.63, 3.8) is 0 Å². The van der Waals surface area contributed by atoms with Crippen LogP contribution in [0.2, 0.25) is 0 Å². The summed E-state index contributed by atoms with van der Waals surface area (Å²) in [6, 6.07) is 7.49. The van der Waals surface area contributed by atoms with E-state index in [2.05, 4.69) is 4.72 Å². The third-order valence-corrected chi connectivity index (χ3v) is 7.60. The lowest BCUT2D eigenvalue weighted by Crippen LogP contribution is -2.42. The first-order chi connectivity index (χ1) is 15.5. The van der Waals surface area contributed by atoms with Crippen molar-refractivity contribution in [1.29, 1.82) is 0 Å². The molecule has 0 fully saturated rings. The minimum absolute atomic E-state index is 0.0263. The van der Waals surface area contributed by atoms with Crippen molar-refractivity contribution < 1.29 is 35.1 Å². The van der Waals surface area contributed by atoms with Gasteiger partial charge in [-0.3, -0.25) is 4.79 Å². The average Bonchev–Trinajstić information content (AvgIpc) is 2.72. The number of benzene rings is 2. The standard InChI is InChI=1S/C21H26F2N2O6S2/c1-3-31-21(26)19(25-33(29,30)20-17(22)7-6-8-18(20)23)9-4-5-14-24-32(27,28)16-12-10-15(2)11-13-16/h6-8,10-13,19,24-25H,3-5,9,14H2,1-2H3. The lowest BCUT2D eigenvalue weighted by Gasteiger charge is -2.18. The third-order valence-electron chi connectivity index (χ3n) is 4.60. The largest absolute Gasteiger partial charge is 0.465 e. The molecule has 1 unspecified atom stereocenters. The number of aryl methyl sites for hydroxylation is 1. The van der Waals surface area contributed by atoms with E-state index in [0.717, 1.165) is 23.8 Å². The zero-order chi connectivity index (χ0) is 24.6. The van der Waals surface area contributed by atoms with Crippen LogP contribution < -0.4 is 9.44 Å². The lowest BCUT2D eigenvalue weighted by atomic mass is 10.1. The molecule has 0 spiro atoms. The highest BCUT2D eigenvalue weighted by molar-refractivity contribution is 7.89. The Kier molecular flexibility index (Phi) is 9.46. The fourth-order valence-corrected chi connectivity index (χ4v) is 5.36. The van der Waals surface area contributed by atoms with Gasteiger partial charge < -0.3 is 4.74 Å². The van der Waals surface area contributed by atoms with Crippen LogP contribution in [0, 0.1) is 18.6 Å². The minimum Gasteiger partial charge on any atom is -0.465 e. The molecule has 0 bridgehead atoms. The maximum atomic E-state index is 13.9. The summed E-state index contributed by atoms with van der Waals surface area (Å²) in [5.41, 5.74) is 0.914. The summed E-state index contributed by atoms with van der Waals surface area (Å²) >= 11 is 0. The van der Waals surface area contributed by atoms with Gasteiger partial charge in [0.05, 0.1) is 11.5 Å². The van der Waals surface area contributed by atoms with E-state index in [1.807, 2.05) is 11.6 Å². The van der Waals surface area contributed by atoms with Gasteiger partial charge in [-0.1, -0.05) is 23.8 Å².